The molecule has 0 spiro atoms. The van der Waals surface area contributed by atoms with Gasteiger partial charge in [-0.25, -0.2) is 0 Å². The van der Waals surface area contributed by atoms with Crippen LogP contribution in [0.2, 0.25) is 0 Å². The SMILES string of the molecule is Cc1ccc(C(=C2[C@H]3C=C[C@H]2[C@H]2C(=O)NC(=O)[C@@H]23)c2ccc(C)cc2)cc1. The Morgan fingerprint density at radius 2 is 1.11 bits per heavy atom. The van der Waals surface area contributed by atoms with E-state index in [0.29, 0.717) is 0 Å². The zero-order valence-corrected chi connectivity index (χ0v) is 15.4. The molecule has 27 heavy (non-hydrogen) atoms. The normalized spacial score (nSPS) is 27.9. The van der Waals surface area contributed by atoms with Crippen LogP contribution in [0.15, 0.2) is 66.3 Å². The van der Waals surface area contributed by atoms with Crippen molar-refractivity contribution < 1.29 is 9.59 Å². The lowest BCUT2D eigenvalue weighted by atomic mass is 9.85. The fraction of sp³-hybridized carbons (Fsp3) is 0.250. The molecule has 3 nitrogen and oxygen atoms in total. The van der Waals surface area contributed by atoms with Gasteiger partial charge in [0.1, 0.15) is 0 Å². The van der Waals surface area contributed by atoms with Gasteiger partial charge in [0, 0.05) is 11.8 Å². The predicted molar refractivity (Wildman–Crippen MR) is 105 cm³/mol. The molecule has 2 bridgehead atoms. The fourth-order valence-corrected chi connectivity index (χ4v) is 4.96. The Kier molecular flexibility index (Phi) is 3.48. The second-order valence-corrected chi connectivity index (χ2v) is 7.90. The quantitative estimate of drug-likeness (QED) is 0.658. The third-order valence-corrected chi connectivity index (χ3v) is 6.23. The standard InChI is InChI=1S/C24H21NO2/c1-13-3-7-15(8-4-13)19(16-9-5-14(2)6-10-16)20-17-11-12-18(20)22-21(17)23(26)25-24(22)27/h3-12,17-18,21-22H,1-2H3,(H,25,26,27)/t17-,18-,21-,22-/m1/s1. The van der Waals surface area contributed by atoms with Crippen LogP contribution in [0, 0.1) is 37.5 Å². The minimum absolute atomic E-state index is 0.00376. The van der Waals surface area contributed by atoms with Gasteiger partial charge in [0.05, 0.1) is 11.8 Å². The maximum absolute atomic E-state index is 12.4. The van der Waals surface area contributed by atoms with E-state index in [9.17, 15) is 9.59 Å². The van der Waals surface area contributed by atoms with Crippen LogP contribution in [-0.2, 0) is 9.59 Å². The molecule has 1 N–H and O–H groups in total. The molecule has 134 valence electrons. The average molecular weight is 355 g/mol. The number of benzene rings is 2. The molecule has 1 heterocycles. The van der Waals surface area contributed by atoms with Gasteiger partial charge in [0.25, 0.3) is 0 Å². The van der Waals surface area contributed by atoms with Gasteiger partial charge in [0.2, 0.25) is 11.8 Å². The maximum Gasteiger partial charge on any atom is 0.231 e. The smallest absolute Gasteiger partial charge is 0.231 e. The molecule has 0 aromatic heterocycles. The minimum Gasteiger partial charge on any atom is -0.296 e. The zero-order valence-electron chi connectivity index (χ0n) is 15.4. The summed E-state index contributed by atoms with van der Waals surface area (Å²) in [7, 11) is 0. The van der Waals surface area contributed by atoms with E-state index < -0.39 is 0 Å². The Bertz CT molecular complexity index is 932. The molecule has 2 aromatic rings. The molecule has 2 fully saturated rings. The maximum atomic E-state index is 12.4. The van der Waals surface area contributed by atoms with Crippen molar-refractivity contribution in [2.75, 3.05) is 0 Å². The molecular weight excluding hydrogens is 334 g/mol. The molecule has 0 unspecified atom stereocenters. The van der Waals surface area contributed by atoms with Gasteiger partial charge in [-0.2, -0.15) is 0 Å². The van der Waals surface area contributed by atoms with Crippen LogP contribution < -0.4 is 5.32 Å². The summed E-state index contributed by atoms with van der Waals surface area (Å²) < 4.78 is 0. The molecule has 1 saturated carbocycles. The third kappa shape index (κ3) is 2.34. The Labute approximate surface area is 158 Å². The summed E-state index contributed by atoms with van der Waals surface area (Å²) in [6.07, 6.45) is 4.25. The van der Waals surface area contributed by atoms with Crippen molar-refractivity contribution in [2.24, 2.45) is 23.7 Å². The molecule has 1 saturated heterocycles. The summed E-state index contributed by atoms with van der Waals surface area (Å²) in [5.74, 6) is -0.743. The molecule has 4 atom stereocenters. The van der Waals surface area contributed by atoms with Crippen molar-refractivity contribution in [3.8, 4) is 0 Å². The summed E-state index contributed by atoms with van der Waals surface area (Å²) in [6.45, 7) is 4.16. The van der Waals surface area contributed by atoms with E-state index in [0.717, 1.165) is 11.1 Å². The topological polar surface area (TPSA) is 46.2 Å². The largest absolute Gasteiger partial charge is 0.296 e. The fourth-order valence-electron chi connectivity index (χ4n) is 4.96. The first-order chi connectivity index (χ1) is 13.0. The summed E-state index contributed by atoms with van der Waals surface area (Å²) in [6, 6.07) is 17.1. The number of hydrogen-bond donors (Lipinski definition) is 1. The first kappa shape index (κ1) is 16.2. The summed E-state index contributed by atoms with van der Waals surface area (Å²) >= 11 is 0. The highest BCUT2D eigenvalue weighted by molar-refractivity contribution is 6.08. The molecule has 3 aliphatic rings. The number of nitrogens with one attached hydrogen (secondary N) is 1. The Morgan fingerprint density at radius 3 is 1.52 bits per heavy atom. The first-order valence-corrected chi connectivity index (χ1v) is 9.46. The van der Waals surface area contributed by atoms with E-state index >= 15 is 0 Å². The van der Waals surface area contributed by atoms with Crippen molar-refractivity contribution in [1.29, 1.82) is 0 Å². The summed E-state index contributed by atoms with van der Waals surface area (Å²) in [5.41, 5.74) is 7.11. The molecule has 1 aliphatic heterocycles. The van der Waals surface area contributed by atoms with Gasteiger partial charge >= 0.3 is 0 Å². The lowest BCUT2D eigenvalue weighted by Gasteiger charge is -2.18. The number of amides is 2. The third-order valence-electron chi connectivity index (χ3n) is 6.23. The minimum atomic E-state index is -0.256. The van der Waals surface area contributed by atoms with Crippen LogP contribution in [0.5, 0.6) is 0 Å². The molecule has 5 rings (SSSR count). The highest BCUT2D eigenvalue weighted by Crippen LogP contribution is 2.56. The molecule has 2 amide bonds. The first-order valence-electron chi connectivity index (χ1n) is 9.46. The van der Waals surface area contributed by atoms with E-state index in [1.807, 2.05) is 0 Å². The van der Waals surface area contributed by atoms with Crippen LogP contribution in [-0.4, -0.2) is 11.8 Å². The van der Waals surface area contributed by atoms with Gasteiger partial charge in [-0.1, -0.05) is 71.8 Å². The van der Waals surface area contributed by atoms with Crippen LogP contribution in [0.1, 0.15) is 22.3 Å². The number of fused-ring (bicyclic) bond motifs is 5. The number of rotatable bonds is 2. The summed E-state index contributed by atoms with van der Waals surface area (Å²) in [5, 5.41) is 2.53. The highest BCUT2D eigenvalue weighted by atomic mass is 16.2. The van der Waals surface area contributed by atoms with Gasteiger partial charge in [-0.3, -0.25) is 14.9 Å². The van der Waals surface area contributed by atoms with Crippen molar-refractivity contribution in [2.45, 2.75) is 13.8 Å². The number of hydrogen-bond acceptors (Lipinski definition) is 2. The molecule has 2 aliphatic carbocycles. The predicted octanol–water partition coefficient (Wildman–Crippen LogP) is 3.81. The van der Waals surface area contributed by atoms with Crippen LogP contribution in [0.25, 0.3) is 5.57 Å². The number of carbonyl (C=O) groups is 2. The van der Waals surface area contributed by atoms with Crippen molar-refractivity contribution in [3.05, 3.63) is 88.5 Å². The van der Waals surface area contributed by atoms with Gasteiger partial charge in [-0.15, -0.1) is 0 Å². The van der Waals surface area contributed by atoms with Crippen molar-refractivity contribution >= 4 is 17.4 Å². The van der Waals surface area contributed by atoms with Gasteiger partial charge < -0.3 is 0 Å². The molecular formula is C24H21NO2. The van der Waals surface area contributed by atoms with Crippen molar-refractivity contribution in [3.63, 3.8) is 0 Å². The van der Waals surface area contributed by atoms with Crippen LogP contribution >= 0.6 is 0 Å². The van der Waals surface area contributed by atoms with E-state index in [-0.39, 0.29) is 35.5 Å². The van der Waals surface area contributed by atoms with E-state index in [1.165, 1.54) is 22.3 Å². The second kappa shape index (κ2) is 5.78. The molecule has 2 aromatic carbocycles. The molecule has 0 radical (unpaired) electrons. The molecule has 3 heteroatoms. The summed E-state index contributed by atoms with van der Waals surface area (Å²) in [4.78, 5) is 24.8. The second-order valence-electron chi connectivity index (χ2n) is 7.90. The number of imide groups is 1. The monoisotopic (exact) mass is 355 g/mol. The van der Waals surface area contributed by atoms with E-state index in [2.05, 4.69) is 79.8 Å². The number of aryl methyl sites for hydroxylation is 2. The van der Waals surface area contributed by atoms with Gasteiger partial charge in [-0.05, 0) is 36.1 Å². The highest BCUT2D eigenvalue weighted by Gasteiger charge is 2.59. The van der Waals surface area contributed by atoms with Crippen LogP contribution in [0.3, 0.4) is 0 Å². The lowest BCUT2D eigenvalue weighted by molar-refractivity contribution is -0.126. The van der Waals surface area contributed by atoms with Gasteiger partial charge in [0.15, 0.2) is 0 Å². The zero-order chi connectivity index (χ0) is 18.7. The average Bonchev–Trinajstić information content (AvgIpc) is 3.30. The van der Waals surface area contributed by atoms with E-state index in [1.54, 1.807) is 0 Å². The van der Waals surface area contributed by atoms with Crippen LogP contribution in [0.4, 0.5) is 0 Å². The van der Waals surface area contributed by atoms with E-state index in [4.69, 9.17) is 0 Å². The number of allylic oxidation sites excluding steroid dienone is 3. The number of carbonyl (C=O) groups excluding carboxylic acids is 2. The van der Waals surface area contributed by atoms with Crippen molar-refractivity contribution in [1.82, 2.24) is 5.32 Å². The lowest BCUT2D eigenvalue weighted by Crippen LogP contribution is -2.26. The Morgan fingerprint density at radius 1 is 0.704 bits per heavy atom. The Hall–Kier alpha value is -2.94. The Balaban J connectivity index is 1.74.